The van der Waals surface area contributed by atoms with Crippen molar-refractivity contribution in [2.45, 2.75) is 19.0 Å². The van der Waals surface area contributed by atoms with Crippen LogP contribution in [0.3, 0.4) is 0 Å². The number of nitrogens with zero attached hydrogens (tertiary/aromatic N) is 1. The van der Waals surface area contributed by atoms with Gasteiger partial charge < -0.3 is 5.73 Å². The normalized spacial score (nSPS) is 12.9. The lowest BCUT2D eigenvalue weighted by molar-refractivity contribution is 0.151. The molecule has 2 rings (SSSR count). The molecule has 112 valence electrons. The second-order valence-electron chi connectivity index (χ2n) is 5.12. The fourth-order valence-electron chi connectivity index (χ4n) is 2.42. The van der Waals surface area contributed by atoms with Gasteiger partial charge >= 0.3 is 0 Å². The average molecular weight is 290 g/mol. The van der Waals surface area contributed by atoms with Crippen LogP contribution in [0.15, 0.2) is 54.6 Å². The van der Waals surface area contributed by atoms with Gasteiger partial charge in [0.1, 0.15) is 0 Å². The number of nitrogens with two attached hydrogens (primary N) is 1. The van der Waals surface area contributed by atoms with Crippen LogP contribution in [0.2, 0.25) is 0 Å². The summed E-state index contributed by atoms with van der Waals surface area (Å²) in [5, 5.41) is 0. The maximum absolute atomic E-state index is 12.6. The molecule has 1 atom stereocenters. The molecule has 0 fully saturated rings. The smallest absolute Gasteiger partial charge is 0.263 e. The highest BCUT2D eigenvalue weighted by atomic mass is 19.3. The standard InChI is InChI=1S/C17H20F2N2/c1-21(12-13-5-3-2-4-6-13)16(11-20)14-7-9-15(10-8-14)17(18)19/h2-10,16-17H,11-12,20H2,1H3. The van der Waals surface area contributed by atoms with Gasteiger partial charge in [-0.15, -0.1) is 0 Å². The number of alkyl halides is 2. The molecular formula is C17H20F2N2. The van der Waals surface area contributed by atoms with Gasteiger partial charge in [0.15, 0.2) is 0 Å². The lowest BCUT2D eigenvalue weighted by Gasteiger charge is -2.27. The molecule has 21 heavy (non-hydrogen) atoms. The van der Waals surface area contributed by atoms with Gasteiger partial charge in [-0.2, -0.15) is 0 Å². The van der Waals surface area contributed by atoms with Gasteiger partial charge in [-0.3, -0.25) is 4.90 Å². The maximum Gasteiger partial charge on any atom is 0.263 e. The van der Waals surface area contributed by atoms with Gasteiger partial charge in [0, 0.05) is 24.7 Å². The van der Waals surface area contributed by atoms with Crippen LogP contribution in [0, 0.1) is 0 Å². The zero-order valence-electron chi connectivity index (χ0n) is 12.0. The Morgan fingerprint density at radius 3 is 2.05 bits per heavy atom. The third kappa shape index (κ3) is 4.09. The van der Waals surface area contributed by atoms with Crippen LogP contribution >= 0.6 is 0 Å². The molecule has 2 aromatic carbocycles. The summed E-state index contributed by atoms with van der Waals surface area (Å²) in [7, 11) is 1.99. The van der Waals surface area contributed by atoms with Crippen LogP contribution in [0.25, 0.3) is 0 Å². The van der Waals surface area contributed by atoms with Gasteiger partial charge in [-0.1, -0.05) is 54.6 Å². The van der Waals surface area contributed by atoms with Crippen LogP contribution in [0.4, 0.5) is 8.78 Å². The van der Waals surface area contributed by atoms with E-state index < -0.39 is 6.43 Å². The first-order valence-corrected chi connectivity index (χ1v) is 6.94. The second kappa shape index (κ2) is 7.29. The molecule has 0 amide bonds. The topological polar surface area (TPSA) is 29.3 Å². The molecule has 1 unspecified atom stereocenters. The van der Waals surface area contributed by atoms with Crippen molar-refractivity contribution in [3.63, 3.8) is 0 Å². The van der Waals surface area contributed by atoms with Gasteiger partial charge in [0.25, 0.3) is 6.43 Å². The summed E-state index contributed by atoms with van der Waals surface area (Å²) in [5.74, 6) is 0. The number of rotatable bonds is 6. The van der Waals surface area contributed by atoms with E-state index in [4.69, 9.17) is 5.73 Å². The Labute approximate surface area is 124 Å². The maximum atomic E-state index is 12.6. The van der Waals surface area contributed by atoms with Crippen molar-refractivity contribution in [2.75, 3.05) is 13.6 Å². The van der Waals surface area contributed by atoms with Crippen LogP contribution in [0.5, 0.6) is 0 Å². The van der Waals surface area contributed by atoms with Crippen molar-refractivity contribution in [1.82, 2.24) is 4.90 Å². The Balaban J connectivity index is 2.11. The van der Waals surface area contributed by atoms with Crippen molar-refractivity contribution in [2.24, 2.45) is 5.73 Å². The predicted octanol–water partition coefficient (Wildman–Crippen LogP) is 3.76. The molecule has 0 saturated carbocycles. The SMILES string of the molecule is CN(Cc1ccccc1)C(CN)c1ccc(C(F)F)cc1. The quantitative estimate of drug-likeness (QED) is 0.877. The monoisotopic (exact) mass is 290 g/mol. The minimum absolute atomic E-state index is 0.0110. The van der Waals surface area contributed by atoms with Crippen LogP contribution in [-0.2, 0) is 6.54 Å². The summed E-state index contributed by atoms with van der Waals surface area (Å²) in [5.41, 5.74) is 8.06. The average Bonchev–Trinajstić information content (AvgIpc) is 2.49. The minimum atomic E-state index is -2.43. The number of hydrogen-bond donors (Lipinski definition) is 1. The van der Waals surface area contributed by atoms with E-state index in [-0.39, 0.29) is 11.6 Å². The van der Waals surface area contributed by atoms with Crippen molar-refractivity contribution >= 4 is 0 Å². The van der Waals surface area contributed by atoms with E-state index in [1.165, 1.54) is 17.7 Å². The lowest BCUT2D eigenvalue weighted by atomic mass is 10.0. The van der Waals surface area contributed by atoms with E-state index >= 15 is 0 Å². The summed E-state index contributed by atoms with van der Waals surface area (Å²) in [6.07, 6.45) is -2.43. The van der Waals surface area contributed by atoms with Crippen molar-refractivity contribution < 1.29 is 8.78 Å². The molecule has 0 bridgehead atoms. The van der Waals surface area contributed by atoms with Crippen LogP contribution in [0.1, 0.15) is 29.2 Å². The van der Waals surface area contributed by atoms with Crippen molar-refractivity contribution in [1.29, 1.82) is 0 Å². The molecule has 2 nitrogen and oxygen atoms in total. The molecule has 0 heterocycles. The third-order valence-electron chi connectivity index (χ3n) is 3.60. The molecule has 4 heteroatoms. The molecule has 0 spiro atoms. The zero-order chi connectivity index (χ0) is 15.2. The van der Waals surface area contributed by atoms with Crippen molar-refractivity contribution in [3.05, 3.63) is 71.3 Å². The Morgan fingerprint density at radius 2 is 1.52 bits per heavy atom. The summed E-state index contributed by atoms with van der Waals surface area (Å²) in [6, 6.07) is 16.5. The first-order valence-electron chi connectivity index (χ1n) is 6.94. The molecule has 0 aromatic heterocycles. The predicted molar refractivity (Wildman–Crippen MR) is 81.1 cm³/mol. The Morgan fingerprint density at radius 1 is 0.952 bits per heavy atom. The zero-order valence-corrected chi connectivity index (χ0v) is 12.0. The minimum Gasteiger partial charge on any atom is -0.329 e. The summed E-state index contributed by atoms with van der Waals surface area (Å²) < 4.78 is 25.2. The van der Waals surface area contributed by atoms with Gasteiger partial charge in [0.05, 0.1) is 0 Å². The van der Waals surface area contributed by atoms with Gasteiger partial charge in [-0.05, 0) is 18.2 Å². The van der Waals surface area contributed by atoms with Crippen LogP contribution in [-0.4, -0.2) is 18.5 Å². The van der Waals surface area contributed by atoms with E-state index in [1.54, 1.807) is 12.1 Å². The second-order valence-corrected chi connectivity index (χ2v) is 5.12. The molecule has 2 N–H and O–H groups in total. The highest BCUT2D eigenvalue weighted by molar-refractivity contribution is 5.26. The van der Waals surface area contributed by atoms with E-state index in [9.17, 15) is 8.78 Å². The Hall–Kier alpha value is -1.78. The fourth-order valence-corrected chi connectivity index (χ4v) is 2.42. The van der Waals surface area contributed by atoms with E-state index in [0.29, 0.717) is 6.54 Å². The molecule has 0 aliphatic heterocycles. The molecular weight excluding hydrogens is 270 g/mol. The van der Waals surface area contributed by atoms with E-state index in [1.807, 2.05) is 25.2 Å². The van der Waals surface area contributed by atoms with E-state index in [2.05, 4.69) is 17.0 Å². The summed E-state index contributed by atoms with van der Waals surface area (Å²) in [4.78, 5) is 2.13. The molecule has 2 aromatic rings. The highest BCUT2D eigenvalue weighted by Gasteiger charge is 2.16. The molecule has 0 aliphatic rings. The Bertz CT molecular complexity index is 540. The van der Waals surface area contributed by atoms with Crippen molar-refractivity contribution in [3.8, 4) is 0 Å². The molecule has 0 aliphatic carbocycles. The largest absolute Gasteiger partial charge is 0.329 e. The number of benzene rings is 2. The number of halogens is 2. The van der Waals surface area contributed by atoms with Gasteiger partial charge in [0.2, 0.25) is 0 Å². The number of hydrogen-bond acceptors (Lipinski definition) is 2. The third-order valence-corrected chi connectivity index (χ3v) is 3.60. The van der Waals surface area contributed by atoms with Crippen LogP contribution < -0.4 is 5.73 Å². The van der Waals surface area contributed by atoms with Gasteiger partial charge in [-0.25, -0.2) is 8.78 Å². The number of likely N-dealkylation sites (N-methyl/N-ethyl adjacent to an activating group) is 1. The Kier molecular flexibility index (Phi) is 5.42. The summed E-state index contributed by atoms with van der Waals surface area (Å²) >= 11 is 0. The molecule has 0 saturated heterocycles. The first-order chi connectivity index (χ1) is 10.1. The highest BCUT2D eigenvalue weighted by Crippen LogP contribution is 2.24. The fraction of sp³-hybridized carbons (Fsp3) is 0.294. The molecule has 0 radical (unpaired) electrons. The first kappa shape index (κ1) is 15.6. The lowest BCUT2D eigenvalue weighted by Crippen LogP contribution is -2.30. The summed E-state index contributed by atoms with van der Waals surface area (Å²) in [6.45, 7) is 1.21. The van der Waals surface area contributed by atoms with E-state index in [0.717, 1.165) is 12.1 Å².